The second kappa shape index (κ2) is 4.14. The summed E-state index contributed by atoms with van der Waals surface area (Å²) in [6.07, 6.45) is 1.41. The Hall–Kier alpha value is -2.21. The van der Waals surface area contributed by atoms with E-state index in [2.05, 4.69) is 0 Å². The lowest BCUT2D eigenvalue weighted by Crippen LogP contribution is -2.55. The Morgan fingerprint density at radius 3 is 2.33 bits per heavy atom. The number of carbonyl (C=O) groups is 3. The summed E-state index contributed by atoms with van der Waals surface area (Å²) in [4.78, 5) is 41.7. The molecule has 1 saturated carbocycles. The average Bonchev–Trinajstić information content (AvgIpc) is 2.72. The third kappa shape index (κ3) is 1.65. The molecular formula is C15H13NO5. The van der Waals surface area contributed by atoms with Crippen LogP contribution in [0.5, 0.6) is 0 Å². The van der Waals surface area contributed by atoms with Crippen molar-refractivity contribution in [3.63, 3.8) is 0 Å². The van der Waals surface area contributed by atoms with Crippen molar-refractivity contribution >= 4 is 17.8 Å². The van der Waals surface area contributed by atoms with E-state index in [-0.39, 0.29) is 11.1 Å². The number of rotatable bonds is 2. The van der Waals surface area contributed by atoms with Gasteiger partial charge in [-0.3, -0.25) is 9.59 Å². The van der Waals surface area contributed by atoms with Gasteiger partial charge in [0.1, 0.15) is 0 Å². The average molecular weight is 287 g/mol. The van der Waals surface area contributed by atoms with Crippen molar-refractivity contribution in [2.45, 2.75) is 12.8 Å². The third-order valence-electron chi connectivity index (χ3n) is 4.45. The lowest BCUT2D eigenvalue weighted by Gasteiger charge is -2.49. The van der Waals surface area contributed by atoms with Crippen molar-refractivity contribution < 1.29 is 24.0 Å². The summed E-state index contributed by atoms with van der Waals surface area (Å²) < 4.78 is 5.35. The Balaban J connectivity index is 1.55. The van der Waals surface area contributed by atoms with E-state index in [0.717, 1.165) is 0 Å². The van der Waals surface area contributed by atoms with Crippen LogP contribution in [-0.4, -0.2) is 36.1 Å². The molecule has 0 N–H and O–H groups in total. The minimum Gasteiger partial charge on any atom is -0.380 e. The molecule has 6 heteroatoms. The molecule has 3 fully saturated rings. The number of hydroxylamine groups is 2. The van der Waals surface area contributed by atoms with Crippen molar-refractivity contribution in [1.82, 2.24) is 5.06 Å². The van der Waals surface area contributed by atoms with Crippen LogP contribution in [0.15, 0.2) is 24.3 Å². The minimum absolute atomic E-state index is 0.263. The zero-order valence-corrected chi connectivity index (χ0v) is 11.2. The molecule has 108 valence electrons. The van der Waals surface area contributed by atoms with Gasteiger partial charge in [-0.2, -0.15) is 0 Å². The van der Waals surface area contributed by atoms with Crippen LogP contribution in [0.2, 0.25) is 0 Å². The summed E-state index contributed by atoms with van der Waals surface area (Å²) in [7, 11) is 0. The number of hydrogen-bond acceptors (Lipinski definition) is 5. The predicted octanol–water partition coefficient (Wildman–Crippen LogP) is 1.17. The first-order valence-electron chi connectivity index (χ1n) is 6.89. The molecule has 1 aromatic rings. The molecule has 0 aromatic heterocycles. The van der Waals surface area contributed by atoms with Crippen LogP contribution in [0.1, 0.15) is 33.6 Å². The van der Waals surface area contributed by atoms with Crippen LogP contribution in [0.3, 0.4) is 0 Å². The molecule has 6 nitrogen and oxygen atoms in total. The highest BCUT2D eigenvalue weighted by Crippen LogP contribution is 2.50. The van der Waals surface area contributed by atoms with Crippen LogP contribution >= 0.6 is 0 Å². The van der Waals surface area contributed by atoms with Gasteiger partial charge in [0.2, 0.25) is 0 Å². The van der Waals surface area contributed by atoms with Crippen LogP contribution in [0.4, 0.5) is 0 Å². The first kappa shape index (κ1) is 12.5. The Morgan fingerprint density at radius 1 is 1.19 bits per heavy atom. The van der Waals surface area contributed by atoms with Crippen molar-refractivity contribution in [3.05, 3.63) is 35.4 Å². The molecule has 1 aromatic carbocycles. The number of hydrogen-bond donors (Lipinski definition) is 0. The molecule has 21 heavy (non-hydrogen) atoms. The quantitative estimate of drug-likeness (QED) is 0.763. The van der Waals surface area contributed by atoms with Gasteiger partial charge in [0, 0.05) is 6.61 Å². The SMILES string of the molecule is O=C1c2ccccc2C(=O)N1OC(=O)C12COCC(C1)C2. The van der Waals surface area contributed by atoms with Crippen molar-refractivity contribution in [3.8, 4) is 0 Å². The maximum absolute atomic E-state index is 12.3. The molecule has 2 saturated heterocycles. The van der Waals surface area contributed by atoms with Crippen LogP contribution in [0, 0.1) is 11.3 Å². The number of imide groups is 1. The maximum atomic E-state index is 12.3. The first-order valence-corrected chi connectivity index (χ1v) is 6.89. The number of amides is 2. The summed E-state index contributed by atoms with van der Waals surface area (Å²) >= 11 is 0. The van der Waals surface area contributed by atoms with Gasteiger partial charge in [0.25, 0.3) is 11.8 Å². The zero-order chi connectivity index (χ0) is 14.6. The van der Waals surface area contributed by atoms with Gasteiger partial charge in [-0.15, -0.1) is 0 Å². The Bertz CT molecular complexity index is 621. The maximum Gasteiger partial charge on any atom is 0.341 e. The van der Waals surface area contributed by atoms with Crippen molar-refractivity contribution in [2.24, 2.45) is 11.3 Å². The summed E-state index contributed by atoms with van der Waals surface area (Å²) in [6.45, 7) is 0.966. The van der Waals surface area contributed by atoms with Crippen molar-refractivity contribution in [2.75, 3.05) is 13.2 Å². The van der Waals surface area contributed by atoms with Crippen molar-refractivity contribution in [1.29, 1.82) is 0 Å². The number of nitrogens with zero attached hydrogens (tertiary/aromatic N) is 1. The van der Waals surface area contributed by atoms with Gasteiger partial charge in [-0.25, -0.2) is 4.79 Å². The van der Waals surface area contributed by atoms with E-state index in [4.69, 9.17) is 9.57 Å². The molecule has 0 unspecified atom stereocenters. The van der Waals surface area contributed by atoms with E-state index in [1.165, 1.54) is 0 Å². The normalized spacial score (nSPS) is 29.9. The van der Waals surface area contributed by atoms with E-state index in [1.807, 2.05) is 0 Å². The molecule has 2 amide bonds. The second-order valence-electron chi connectivity index (χ2n) is 5.90. The second-order valence-corrected chi connectivity index (χ2v) is 5.90. The molecular weight excluding hydrogens is 274 g/mol. The van der Waals surface area contributed by atoms with Crippen LogP contribution in [-0.2, 0) is 14.4 Å². The van der Waals surface area contributed by atoms with Gasteiger partial charge in [0.15, 0.2) is 0 Å². The monoisotopic (exact) mass is 287 g/mol. The number of benzene rings is 1. The summed E-state index contributed by atoms with van der Waals surface area (Å²) in [5.41, 5.74) is -0.156. The summed E-state index contributed by atoms with van der Waals surface area (Å²) in [6, 6.07) is 6.43. The molecule has 0 spiro atoms. The van der Waals surface area contributed by atoms with Crippen LogP contribution < -0.4 is 0 Å². The smallest absolute Gasteiger partial charge is 0.341 e. The van der Waals surface area contributed by atoms with E-state index in [9.17, 15) is 14.4 Å². The Labute approximate surface area is 120 Å². The van der Waals surface area contributed by atoms with Gasteiger partial charge in [-0.1, -0.05) is 17.2 Å². The third-order valence-corrected chi connectivity index (χ3v) is 4.45. The molecule has 0 radical (unpaired) electrons. The van der Waals surface area contributed by atoms with E-state index < -0.39 is 23.2 Å². The van der Waals surface area contributed by atoms with Gasteiger partial charge in [0.05, 0.1) is 23.1 Å². The fraction of sp³-hybridized carbons (Fsp3) is 0.400. The number of carbonyl (C=O) groups excluding carboxylic acids is 3. The summed E-state index contributed by atoms with van der Waals surface area (Å²) in [5, 5.41) is 0.573. The highest BCUT2D eigenvalue weighted by atomic mass is 16.7. The van der Waals surface area contributed by atoms with Gasteiger partial charge < -0.3 is 9.57 Å². The van der Waals surface area contributed by atoms with Crippen LogP contribution in [0.25, 0.3) is 0 Å². The molecule has 0 atom stereocenters. The number of ether oxygens (including phenoxy) is 1. The highest BCUT2D eigenvalue weighted by molar-refractivity contribution is 6.20. The molecule has 4 aliphatic rings. The molecule has 1 aliphatic carbocycles. The molecule has 3 heterocycles. The summed E-state index contributed by atoms with van der Waals surface area (Å²) in [5.74, 6) is -1.35. The predicted molar refractivity (Wildman–Crippen MR) is 69.0 cm³/mol. The molecule has 3 aliphatic heterocycles. The minimum atomic E-state index is -0.682. The fourth-order valence-electron chi connectivity index (χ4n) is 3.36. The van der Waals surface area contributed by atoms with E-state index in [0.29, 0.717) is 37.0 Å². The fourth-order valence-corrected chi connectivity index (χ4v) is 3.36. The molecule has 2 bridgehead atoms. The number of fused-ring (bicyclic) bond motifs is 3. The lowest BCUT2D eigenvalue weighted by atomic mass is 9.61. The highest BCUT2D eigenvalue weighted by Gasteiger charge is 2.56. The van der Waals surface area contributed by atoms with Gasteiger partial charge in [-0.05, 0) is 30.9 Å². The molecule has 5 rings (SSSR count). The van der Waals surface area contributed by atoms with E-state index in [1.54, 1.807) is 24.3 Å². The zero-order valence-electron chi connectivity index (χ0n) is 11.2. The van der Waals surface area contributed by atoms with E-state index >= 15 is 0 Å². The Morgan fingerprint density at radius 2 is 1.81 bits per heavy atom. The first-order chi connectivity index (χ1) is 10.1. The standard InChI is InChI=1S/C15H13NO5/c17-12-10-3-1-2-4-11(10)13(18)16(12)21-14(19)15-5-9(6-15)7-20-8-15/h1-4,9H,5-8H2. The largest absolute Gasteiger partial charge is 0.380 e. The lowest BCUT2D eigenvalue weighted by molar-refractivity contribution is -0.210. The topological polar surface area (TPSA) is 72.9 Å². The van der Waals surface area contributed by atoms with Gasteiger partial charge >= 0.3 is 5.97 Å². The Kier molecular flexibility index (Phi) is 2.47.